The van der Waals surface area contributed by atoms with Crippen molar-refractivity contribution in [1.82, 2.24) is 0 Å². The van der Waals surface area contributed by atoms with Gasteiger partial charge in [-0.05, 0) is 0 Å². The summed E-state index contributed by atoms with van der Waals surface area (Å²) >= 11 is 0. The van der Waals surface area contributed by atoms with Crippen molar-refractivity contribution in [2.75, 3.05) is 7.11 Å². The minimum atomic E-state index is -1.23. The number of esters is 1. The van der Waals surface area contributed by atoms with Gasteiger partial charge in [0.15, 0.2) is 5.76 Å². The summed E-state index contributed by atoms with van der Waals surface area (Å²) in [5.41, 5.74) is 4.64. The van der Waals surface area contributed by atoms with Crippen molar-refractivity contribution >= 4 is 11.7 Å². The molecule has 3 N–H and O–H groups in total. The van der Waals surface area contributed by atoms with E-state index in [1.807, 2.05) is 0 Å². The standard InChI is InChI=1S/C17H14N2O8/c1-25-17(22)13-12(9-4-2-3-5-10(9)19(23)24)15-14(27-16(13)18)11(21)6-8(7-20)26-15/h2-6,12,20H,7,18H2,1H3/t12-/m0/s1. The quantitative estimate of drug-likeness (QED) is 0.451. The molecule has 0 fully saturated rings. The average Bonchev–Trinajstić information content (AvgIpc) is 2.66. The Morgan fingerprint density at radius 2 is 2.11 bits per heavy atom. The molecule has 0 unspecified atom stereocenters. The molecule has 0 bridgehead atoms. The van der Waals surface area contributed by atoms with Gasteiger partial charge >= 0.3 is 5.97 Å². The number of benzene rings is 1. The molecule has 0 saturated heterocycles. The molecule has 0 amide bonds. The summed E-state index contributed by atoms with van der Waals surface area (Å²) < 4.78 is 15.5. The molecule has 0 radical (unpaired) electrons. The fraction of sp³-hybridized carbons (Fsp3) is 0.176. The lowest BCUT2D eigenvalue weighted by Crippen LogP contribution is -2.30. The molecule has 1 aromatic carbocycles. The molecule has 0 spiro atoms. The van der Waals surface area contributed by atoms with Gasteiger partial charge in [-0.15, -0.1) is 0 Å². The van der Waals surface area contributed by atoms with Crippen LogP contribution < -0.4 is 15.9 Å². The van der Waals surface area contributed by atoms with Crippen LogP contribution in [0, 0.1) is 10.1 Å². The molecule has 1 aliphatic rings. The van der Waals surface area contributed by atoms with Gasteiger partial charge in [-0.2, -0.15) is 0 Å². The number of carbonyl (C=O) groups is 1. The SMILES string of the molecule is COC(=O)C1=C(N)Oc2c(oc(CO)cc2=O)[C@H]1c1ccccc1[N+](=O)[O-]. The van der Waals surface area contributed by atoms with E-state index in [-0.39, 0.29) is 34.1 Å². The Bertz CT molecular complexity index is 1020. The number of methoxy groups -OCH3 is 1. The number of aliphatic hydroxyl groups is 1. The first kappa shape index (κ1) is 18.1. The molecule has 0 saturated carbocycles. The summed E-state index contributed by atoms with van der Waals surface area (Å²) in [6.45, 7) is -0.598. The van der Waals surface area contributed by atoms with Crippen LogP contribution >= 0.6 is 0 Å². The van der Waals surface area contributed by atoms with E-state index in [1.54, 1.807) is 0 Å². The Labute approximate surface area is 151 Å². The molecule has 1 atom stereocenters. The van der Waals surface area contributed by atoms with Gasteiger partial charge in [0.05, 0.1) is 18.0 Å². The number of rotatable bonds is 4. The maximum atomic E-state index is 12.3. The van der Waals surface area contributed by atoms with E-state index in [9.17, 15) is 24.8 Å². The first-order valence-corrected chi connectivity index (χ1v) is 7.66. The molecule has 1 aromatic heterocycles. The predicted molar refractivity (Wildman–Crippen MR) is 89.7 cm³/mol. The summed E-state index contributed by atoms with van der Waals surface area (Å²) in [5, 5.41) is 20.8. The summed E-state index contributed by atoms with van der Waals surface area (Å²) in [6, 6.07) is 6.62. The molecule has 27 heavy (non-hydrogen) atoms. The number of aliphatic hydroxyl groups excluding tert-OH is 1. The van der Waals surface area contributed by atoms with Crippen molar-refractivity contribution in [3.63, 3.8) is 0 Å². The molecule has 1 aliphatic heterocycles. The lowest BCUT2D eigenvalue weighted by atomic mass is 9.85. The number of hydrogen-bond donors (Lipinski definition) is 2. The Balaban J connectivity index is 2.38. The first-order chi connectivity index (χ1) is 12.9. The summed E-state index contributed by atoms with van der Waals surface area (Å²) in [7, 11) is 1.11. The van der Waals surface area contributed by atoms with E-state index in [0.717, 1.165) is 13.2 Å². The third-order valence-electron chi connectivity index (χ3n) is 4.01. The highest BCUT2D eigenvalue weighted by Crippen LogP contribution is 2.44. The average molecular weight is 374 g/mol. The number of fused-ring (bicyclic) bond motifs is 1. The van der Waals surface area contributed by atoms with Gasteiger partial charge in [0.1, 0.15) is 17.9 Å². The van der Waals surface area contributed by atoms with Crippen molar-refractivity contribution in [3.05, 3.63) is 79.2 Å². The second-order valence-corrected chi connectivity index (χ2v) is 5.55. The number of carbonyl (C=O) groups excluding carboxylic acids is 1. The second kappa shape index (κ2) is 6.92. The highest BCUT2D eigenvalue weighted by atomic mass is 16.6. The Morgan fingerprint density at radius 1 is 1.41 bits per heavy atom. The fourth-order valence-electron chi connectivity index (χ4n) is 2.88. The minimum absolute atomic E-state index is 0.0497. The smallest absolute Gasteiger partial charge is 0.340 e. The highest BCUT2D eigenvalue weighted by molar-refractivity contribution is 5.92. The maximum absolute atomic E-state index is 12.3. The van der Waals surface area contributed by atoms with Crippen LogP contribution in [0.5, 0.6) is 5.75 Å². The molecule has 0 aliphatic carbocycles. The molecule has 140 valence electrons. The van der Waals surface area contributed by atoms with Crippen LogP contribution in [-0.2, 0) is 16.1 Å². The zero-order chi connectivity index (χ0) is 19.7. The number of nitrogens with zero attached hydrogens (tertiary/aromatic N) is 1. The Kier molecular flexibility index (Phi) is 4.65. The number of hydrogen-bond acceptors (Lipinski definition) is 9. The lowest BCUT2D eigenvalue weighted by molar-refractivity contribution is -0.385. The Morgan fingerprint density at radius 3 is 2.74 bits per heavy atom. The van der Waals surface area contributed by atoms with Gasteiger partial charge < -0.3 is 24.7 Å². The molecular formula is C17H14N2O8. The highest BCUT2D eigenvalue weighted by Gasteiger charge is 2.41. The molecule has 3 rings (SSSR count). The van der Waals surface area contributed by atoms with Crippen LogP contribution in [0.25, 0.3) is 0 Å². The number of nitro benzene ring substituents is 1. The normalized spacial score (nSPS) is 15.7. The minimum Gasteiger partial charge on any atom is -0.465 e. The van der Waals surface area contributed by atoms with Crippen LogP contribution in [0.2, 0.25) is 0 Å². The topological polar surface area (TPSA) is 155 Å². The monoisotopic (exact) mass is 374 g/mol. The Hall–Kier alpha value is -3.66. The van der Waals surface area contributed by atoms with Crippen molar-refractivity contribution in [2.24, 2.45) is 5.73 Å². The van der Waals surface area contributed by atoms with E-state index in [1.165, 1.54) is 24.3 Å². The van der Waals surface area contributed by atoms with Crippen LogP contribution in [0.4, 0.5) is 5.69 Å². The van der Waals surface area contributed by atoms with Gasteiger partial charge in [-0.1, -0.05) is 18.2 Å². The zero-order valence-electron chi connectivity index (χ0n) is 14.0. The summed E-state index contributed by atoms with van der Waals surface area (Å²) in [5.74, 6) is -3.17. The van der Waals surface area contributed by atoms with E-state index in [4.69, 9.17) is 19.6 Å². The van der Waals surface area contributed by atoms with Crippen molar-refractivity contribution in [2.45, 2.75) is 12.5 Å². The van der Waals surface area contributed by atoms with E-state index >= 15 is 0 Å². The molecule has 10 nitrogen and oxygen atoms in total. The third-order valence-corrected chi connectivity index (χ3v) is 4.01. The molecular weight excluding hydrogens is 360 g/mol. The van der Waals surface area contributed by atoms with Gasteiger partial charge in [0, 0.05) is 17.7 Å². The molecule has 10 heteroatoms. The molecule has 2 aromatic rings. The largest absolute Gasteiger partial charge is 0.465 e. The second-order valence-electron chi connectivity index (χ2n) is 5.55. The lowest BCUT2D eigenvalue weighted by Gasteiger charge is -2.26. The van der Waals surface area contributed by atoms with Crippen molar-refractivity contribution in [3.8, 4) is 5.75 Å². The van der Waals surface area contributed by atoms with Crippen molar-refractivity contribution in [1.29, 1.82) is 0 Å². The number of nitrogens with two attached hydrogens (primary N) is 1. The van der Waals surface area contributed by atoms with Crippen LogP contribution in [0.3, 0.4) is 0 Å². The van der Waals surface area contributed by atoms with Crippen LogP contribution in [-0.4, -0.2) is 23.1 Å². The van der Waals surface area contributed by atoms with Gasteiger partial charge in [-0.3, -0.25) is 14.9 Å². The maximum Gasteiger partial charge on any atom is 0.340 e. The number of para-hydroxylation sites is 1. The van der Waals surface area contributed by atoms with Gasteiger partial charge in [0.2, 0.25) is 17.1 Å². The van der Waals surface area contributed by atoms with E-state index in [0.29, 0.717) is 0 Å². The van der Waals surface area contributed by atoms with Gasteiger partial charge in [0.25, 0.3) is 5.69 Å². The summed E-state index contributed by atoms with van der Waals surface area (Å²) in [6.07, 6.45) is 0. The van der Waals surface area contributed by atoms with E-state index < -0.39 is 34.7 Å². The summed E-state index contributed by atoms with van der Waals surface area (Å²) in [4.78, 5) is 35.5. The fourth-order valence-corrected chi connectivity index (χ4v) is 2.88. The number of nitro groups is 1. The third kappa shape index (κ3) is 3.02. The first-order valence-electron chi connectivity index (χ1n) is 7.66. The van der Waals surface area contributed by atoms with Crippen LogP contribution in [0.15, 0.2) is 51.0 Å². The number of ether oxygens (including phenoxy) is 2. The van der Waals surface area contributed by atoms with E-state index in [2.05, 4.69) is 0 Å². The zero-order valence-corrected chi connectivity index (χ0v) is 14.0. The van der Waals surface area contributed by atoms with Gasteiger partial charge in [-0.25, -0.2) is 4.79 Å². The van der Waals surface area contributed by atoms with Crippen molar-refractivity contribution < 1.29 is 28.7 Å². The molecule has 2 heterocycles. The predicted octanol–water partition coefficient (Wildman–Crippen LogP) is 0.908. The van der Waals surface area contributed by atoms with Crippen LogP contribution in [0.1, 0.15) is 23.0 Å².